The van der Waals surface area contributed by atoms with E-state index in [1.165, 1.54) is 13.2 Å². The molecule has 1 atom stereocenters. The first-order chi connectivity index (χ1) is 9.65. The monoisotopic (exact) mass is 337 g/mol. The van der Waals surface area contributed by atoms with Gasteiger partial charge in [-0.15, -0.1) is 0 Å². The van der Waals surface area contributed by atoms with Crippen molar-refractivity contribution in [2.45, 2.75) is 12.5 Å². The molecule has 2 aromatic carbocycles. The molecule has 0 aromatic heterocycles. The molecule has 0 aliphatic carbocycles. The third-order valence-corrected chi connectivity index (χ3v) is 4.01. The van der Waals surface area contributed by atoms with E-state index in [1.54, 1.807) is 6.07 Å². The molecule has 20 heavy (non-hydrogen) atoms. The Labute approximate surface area is 127 Å². The van der Waals surface area contributed by atoms with Crippen molar-refractivity contribution in [1.29, 1.82) is 0 Å². The van der Waals surface area contributed by atoms with Crippen molar-refractivity contribution in [3.8, 4) is 5.75 Å². The quantitative estimate of drug-likeness (QED) is 0.886. The van der Waals surface area contributed by atoms with Crippen molar-refractivity contribution in [2.24, 2.45) is 0 Å². The molecule has 1 unspecified atom stereocenters. The minimum Gasteiger partial charge on any atom is -0.494 e. The highest BCUT2D eigenvalue weighted by Crippen LogP contribution is 2.27. The predicted molar refractivity (Wildman–Crippen MR) is 82.6 cm³/mol. The van der Waals surface area contributed by atoms with Gasteiger partial charge in [-0.05, 0) is 42.8 Å². The van der Waals surface area contributed by atoms with Crippen LogP contribution in [0.4, 0.5) is 4.39 Å². The summed E-state index contributed by atoms with van der Waals surface area (Å²) in [5.41, 5.74) is 2.09. The molecule has 2 nitrogen and oxygen atoms in total. The van der Waals surface area contributed by atoms with Crippen LogP contribution in [0.2, 0.25) is 0 Å². The van der Waals surface area contributed by atoms with E-state index in [1.807, 2.05) is 31.3 Å². The van der Waals surface area contributed by atoms with Gasteiger partial charge in [-0.3, -0.25) is 0 Å². The minimum absolute atomic E-state index is 0.123. The molecule has 2 aromatic rings. The molecule has 0 bridgehead atoms. The zero-order valence-electron chi connectivity index (χ0n) is 11.5. The van der Waals surface area contributed by atoms with E-state index >= 15 is 0 Å². The number of hydrogen-bond acceptors (Lipinski definition) is 2. The van der Waals surface area contributed by atoms with Gasteiger partial charge < -0.3 is 10.1 Å². The number of rotatable bonds is 5. The molecule has 0 aliphatic heterocycles. The summed E-state index contributed by atoms with van der Waals surface area (Å²) in [6.45, 7) is 0. The summed E-state index contributed by atoms with van der Waals surface area (Å²) in [4.78, 5) is 0. The SMILES string of the molecule is CNC(Cc1ccc(OC)c(F)c1)c1ccccc1Br. The maximum absolute atomic E-state index is 13.7. The first-order valence-corrected chi connectivity index (χ1v) is 7.19. The van der Waals surface area contributed by atoms with E-state index in [9.17, 15) is 4.39 Å². The van der Waals surface area contributed by atoms with Crippen LogP contribution in [-0.4, -0.2) is 14.2 Å². The van der Waals surface area contributed by atoms with E-state index in [2.05, 4.69) is 27.3 Å². The average molecular weight is 338 g/mol. The van der Waals surface area contributed by atoms with Crippen LogP contribution in [0.15, 0.2) is 46.9 Å². The van der Waals surface area contributed by atoms with Gasteiger partial charge in [-0.2, -0.15) is 0 Å². The lowest BCUT2D eigenvalue weighted by Gasteiger charge is -2.18. The highest BCUT2D eigenvalue weighted by molar-refractivity contribution is 9.10. The van der Waals surface area contributed by atoms with E-state index in [0.29, 0.717) is 6.42 Å². The van der Waals surface area contributed by atoms with E-state index < -0.39 is 0 Å². The largest absolute Gasteiger partial charge is 0.494 e. The molecule has 0 spiro atoms. The molecule has 0 amide bonds. The molecular formula is C16H17BrFNO. The topological polar surface area (TPSA) is 21.3 Å². The van der Waals surface area contributed by atoms with E-state index in [4.69, 9.17) is 4.74 Å². The van der Waals surface area contributed by atoms with Gasteiger partial charge in [0.25, 0.3) is 0 Å². The minimum atomic E-state index is -0.327. The highest BCUT2D eigenvalue weighted by Gasteiger charge is 2.14. The summed E-state index contributed by atoms with van der Waals surface area (Å²) >= 11 is 3.55. The number of hydrogen-bond donors (Lipinski definition) is 1. The Morgan fingerprint density at radius 3 is 2.60 bits per heavy atom. The number of likely N-dealkylation sites (N-methyl/N-ethyl adjacent to an activating group) is 1. The summed E-state index contributed by atoms with van der Waals surface area (Å²) in [7, 11) is 3.37. The molecule has 0 aliphatic rings. The second kappa shape index (κ2) is 6.86. The molecule has 106 valence electrons. The van der Waals surface area contributed by atoms with Crippen LogP contribution in [-0.2, 0) is 6.42 Å². The number of ether oxygens (including phenoxy) is 1. The molecule has 0 heterocycles. The number of halogens is 2. The second-order valence-electron chi connectivity index (χ2n) is 4.54. The summed E-state index contributed by atoms with van der Waals surface area (Å²) in [6, 6.07) is 13.3. The molecule has 0 saturated heterocycles. The van der Waals surface area contributed by atoms with Crippen molar-refractivity contribution in [3.05, 3.63) is 63.9 Å². The Balaban J connectivity index is 2.23. The van der Waals surface area contributed by atoms with Crippen LogP contribution in [0.5, 0.6) is 5.75 Å². The lowest BCUT2D eigenvalue weighted by atomic mass is 9.99. The average Bonchev–Trinajstić information content (AvgIpc) is 2.46. The lowest BCUT2D eigenvalue weighted by Crippen LogP contribution is -2.19. The van der Waals surface area contributed by atoms with Crippen LogP contribution >= 0.6 is 15.9 Å². The van der Waals surface area contributed by atoms with Gasteiger partial charge in [0.1, 0.15) is 0 Å². The first-order valence-electron chi connectivity index (χ1n) is 6.39. The van der Waals surface area contributed by atoms with Crippen LogP contribution in [0.25, 0.3) is 0 Å². The normalized spacial score (nSPS) is 12.2. The van der Waals surface area contributed by atoms with E-state index in [-0.39, 0.29) is 17.6 Å². The fourth-order valence-corrected chi connectivity index (χ4v) is 2.76. The number of benzene rings is 2. The Morgan fingerprint density at radius 2 is 2.00 bits per heavy atom. The van der Waals surface area contributed by atoms with Gasteiger partial charge in [-0.1, -0.05) is 40.2 Å². The number of methoxy groups -OCH3 is 1. The fraction of sp³-hybridized carbons (Fsp3) is 0.250. The zero-order chi connectivity index (χ0) is 14.5. The van der Waals surface area contributed by atoms with E-state index in [0.717, 1.165) is 15.6 Å². The Hall–Kier alpha value is -1.39. The fourth-order valence-electron chi connectivity index (χ4n) is 2.20. The van der Waals surface area contributed by atoms with Gasteiger partial charge in [0.2, 0.25) is 0 Å². The van der Waals surface area contributed by atoms with Gasteiger partial charge >= 0.3 is 0 Å². The molecule has 0 radical (unpaired) electrons. The predicted octanol–water partition coefficient (Wildman–Crippen LogP) is 4.10. The highest BCUT2D eigenvalue weighted by atomic mass is 79.9. The Morgan fingerprint density at radius 1 is 1.25 bits per heavy atom. The van der Waals surface area contributed by atoms with Crippen molar-refractivity contribution in [1.82, 2.24) is 5.32 Å². The molecule has 0 fully saturated rings. The lowest BCUT2D eigenvalue weighted by molar-refractivity contribution is 0.386. The summed E-state index contributed by atoms with van der Waals surface area (Å²) in [5, 5.41) is 3.27. The van der Waals surface area contributed by atoms with Crippen molar-refractivity contribution in [3.63, 3.8) is 0 Å². The Bertz CT molecular complexity index is 588. The van der Waals surface area contributed by atoms with Gasteiger partial charge in [0, 0.05) is 10.5 Å². The van der Waals surface area contributed by atoms with Crippen LogP contribution in [0.1, 0.15) is 17.2 Å². The maximum atomic E-state index is 13.7. The molecule has 1 N–H and O–H groups in total. The van der Waals surface area contributed by atoms with Crippen LogP contribution in [0.3, 0.4) is 0 Å². The second-order valence-corrected chi connectivity index (χ2v) is 5.39. The van der Waals surface area contributed by atoms with Crippen LogP contribution < -0.4 is 10.1 Å². The number of nitrogens with one attached hydrogen (secondary N) is 1. The molecule has 4 heteroatoms. The standard InChI is InChI=1S/C16H17BrFNO/c1-19-15(12-5-3-4-6-13(12)17)10-11-7-8-16(20-2)14(18)9-11/h3-9,15,19H,10H2,1-2H3. The van der Waals surface area contributed by atoms with Crippen molar-refractivity contribution >= 4 is 15.9 Å². The zero-order valence-corrected chi connectivity index (χ0v) is 13.1. The molecular weight excluding hydrogens is 321 g/mol. The summed E-state index contributed by atoms with van der Waals surface area (Å²) < 4.78 is 19.7. The summed E-state index contributed by atoms with van der Waals surface area (Å²) in [5.74, 6) is -0.0531. The Kier molecular flexibility index (Phi) is 5.15. The van der Waals surface area contributed by atoms with Gasteiger partial charge in [0.05, 0.1) is 7.11 Å². The smallest absolute Gasteiger partial charge is 0.165 e. The first kappa shape index (κ1) is 15.0. The van der Waals surface area contributed by atoms with Crippen molar-refractivity contribution < 1.29 is 9.13 Å². The third-order valence-electron chi connectivity index (χ3n) is 3.29. The van der Waals surface area contributed by atoms with Gasteiger partial charge in [-0.25, -0.2) is 4.39 Å². The van der Waals surface area contributed by atoms with Crippen molar-refractivity contribution in [2.75, 3.05) is 14.2 Å². The molecule has 0 saturated carbocycles. The third kappa shape index (κ3) is 3.38. The summed E-state index contributed by atoms with van der Waals surface area (Å²) in [6.07, 6.45) is 0.708. The van der Waals surface area contributed by atoms with Gasteiger partial charge in [0.15, 0.2) is 11.6 Å². The molecule has 2 rings (SSSR count). The van der Waals surface area contributed by atoms with Crippen LogP contribution in [0, 0.1) is 5.82 Å². The maximum Gasteiger partial charge on any atom is 0.165 e.